The van der Waals surface area contributed by atoms with E-state index in [1.165, 1.54) is 0 Å². The Hall–Kier alpha value is -2.67. The van der Waals surface area contributed by atoms with Gasteiger partial charge in [0.25, 0.3) is 11.8 Å². The van der Waals surface area contributed by atoms with Crippen LogP contribution in [-0.2, 0) is 6.42 Å². The molecule has 0 bridgehead atoms. The van der Waals surface area contributed by atoms with Gasteiger partial charge in [0.15, 0.2) is 0 Å². The molecule has 7 heteroatoms. The second-order valence-electron chi connectivity index (χ2n) is 6.47. The first-order valence-electron chi connectivity index (χ1n) is 9.02. The first-order valence-corrected chi connectivity index (χ1v) is 9.02. The fourth-order valence-electron chi connectivity index (χ4n) is 3.15. The SMILES string of the molecule is CNC(=O)c1cccc(CCNC(=O)c2ccn(C3CCCNC3)n2)c1. The smallest absolute Gasteiger partial charge is 0.271 e. The molecule has 7 nitrogen and oxygen atoms in total. The number of nitrogens with one attached hydrogen (secondary N) is 3. The second-order valence-corrected chi connectivity index (χ2v) is 6.47. The van der Waals surface area contributed by atoms with Crippen molar-refractivity contribution in [2.75, 3.05) is 26.7 Å². The number of nitrogens with zero attached hydrogens (tertiary/aromatic N) is 2. The van der Waals surface area contributed by atoms with Crippen LogP contribution >= 0.6 is 0 Å². The molecular weight excluding hydrogens is 330 g/mol. The fourth-order valence-corrected chi connectivity index (χ4v) is 3.15. The first kappa shape index (κ1) is 18.1. The molecule has 1 aromatic carbocycles. The summed E-state index contributed by atoms with van der Waals surface area (Å²) in [6.45, 7) is 2.44. The van der Waals surface area contributed by atoms with Gasteiger partial charge in [-0.25, -0.2) is 0 Å². The van der Waals surface area contributed by atoms with E-state index in [-0.39, 0.29) is 11.8 Å². The van der Waals surface area contributed by atoms with E-state index < -0.39 is 0 Å². The van der Waals surface area contributed by atoms with Crippen molar-refractivity contribution in [1.82, 2.24) is 25.7 Å². The third-order valence-corrected chi connectivity index (χ3v) is 4.60. The Labute approximate surface area is 153 Å². The van der Waals surface area contributed by atoms with E-state index in [2.05, 4.69) is 21.0 Å². The maximum atomic E-state index is 12.3. The van der Waals surface area contributed by atoms with Gasteiger partial charge in [0, 0.05) is 31.9 Å². The quantitative estimate of drug-likeness (QED) is 0.725. The lowest BCUT2D eigenvalue weighted by molar-refractivity contribution is 0.0943. The van der Waals surface area contributed by atoms with Crippen molar-refractivity contribution in [3.05, 3.63) is 53.3 Å². The number of hydrogen-bond acceptors (Lipinski definition) is 4. The van der Waals surface area contributed by atoms with Crippen molar-refractivity contribution in [1.29, 1.82) is 0 Å². The van der Waals surface area contributed by atoms with Gasteiger partial charge >= 0.3 is 0 Å². The second kappa shape index (κ2) is 8.62. The molecule has 1 fully saturated rings. The molecule has 138 valence electrons. The van der Waals surface area contributed by atoms with Gasteiger partial charge in [0.1, 0.15) is 5.69 Å². The number of carbonyl (C=O) groups excluding carboxylic acids is 2. The van der Waals surface area contributed by atoms with Crippen LogP contribution in [0.25, 0.3) is 0 Å². The summed E-state index contributed by atoms with van der Waals surface area (Å²) in [5, 5.41) is 13.3. The number of amides is 2. The highest BCUT2D eigenvalue weighted by molar-refractivity contribution is 5.94. The Balaban J connectivity index is 1.51. The van der Waals surface area contributed by atoms with Gasteiger partial charge in [-0.3, -0.25) is 14.3 Å². The van der Waals surface area contributed by atoms with E-state index in [9.17, 15) is 9.59 Å². The van der Waals surface area contributed by atoms with E-state index in [4.69, 9.17) is 0 Å². The van der Waals surface area contributed by atoms with Gasteiger partial charge in [-0.1, -0.05) is 12.1 Å². The van der Waals surface area contributed by atoms with Gasteiger partial charge < -0.3 is 16.0 Å². The van der Waals surface area contributed by atoms with Crippen LogP contribution in [0.2, 0.25) is 0 Å². The molecule has 0 spiro atoms. The molecule has 1 unspecified atom stereocenters. The number of piperidine rings is 1. The van der Waals surface area contributed by atoms with Crippen molar-refractivity contribution in [3.8, 4) is 0 Å². The van der Waals surface area contributed by atoms with Gasteiger partial charge in [-0.15, -0.1) is 0 Å². The number of rotatable bonds is 6. The molecule has 3 rings (SSSR count). The highest BCUT2D eigenvalue weighted by Crippen LogP contribution is 2.15. The molecule has 26 heavy (non-hydrogen) atoms. The lowest BCUT2D eigenvalue weighted by Gasteiger charge is -2.22. The van der Waals surface area contributed by atoms with Gasteiger partial charge in [0.05, 0.1) is 6.04 Å². The molecule has 1 saturated heterocycles. The van der Waals surface area contributed by atoms with Crippen LogP contribution in [0.15, 0.2) is 36.5 Å². The molecule has 2 heterocycles. The minimum Gasteiger partial charge on any atom is -0.355 e. The molecular formula is C19H25N5O2. The van der Waals surface area contributed by atoms with E-state index in [0.717, 1.165) is 31.5 Å². The summed E-state index contributed by atoms with van der Waals surface area (Å²) >= 11 is 0. The summed E-state index contributed by atoms with van der Waals surface area (Å²) in [6, 6.07) is 9.49. The summed E-state index contributed by atoms with van der Waals surface area (Å²) in [5.41, 5.74) is 2.07. The zero-order valence-electron chi connectivity index (χ0n) is 15.0. The first-order chi connectivity index (χ1) is 12.7. The third kappa shape index (κ3) is 4.49. The lowest BCUT2D eigenvalue weighted by Crippen LogP contribution is -2.32. The number of aromatic nitrogens is 2. The van der Waals surface area contributed by atoms with Crippen molar-refractivity contribution < 1.29 is 9.59 Å². The summed E-state index contributed by atoms with van der Waals surface area (Å²) in [6.07, 6.45) is 4.74. The Morgan fingerprint density at radius 3 is 2.96 bits per heavy atom. The van der Waals surface area contributed by atoms with E-state index in [1.54, 1.807) is 19.2 Å². The molecule has 2 amide bonds. The van der Waals surface area contributed by atoms with Crippen molar-refractivity contribution in [2.24, 2.45) is 0 Å². The molecule has 1 aliphatic heterocycles. The minimum absolute atomic E-state index is 0.112. The van der Waals surface area contributed by atoms with E-state index in [1.807, 2.05) is 29.1 Å². The monoisotopic (exact) mass is 355 g/mol. The summed E-state index contributed by atoms with van der Waals surface area (Å²) in [7, 11) is 1.61. The van der Waals surface area contributed by atoms with Crippen molar-refractivity contribution in [3.63, 3.8) is 0 Å². The normalized spacial score (nSPS) is 16.9. The average molecular weight is 355 g/mol. The van der Waals surface area contributed by atoms with Crippen LogP contribution in [0.4, 0.5) is 0 Å². The van der Waals surface area contributed by atoms with Crippen LogP contribution in [0, 0.1) is 0 Å². The zero-order valence-corrected chi connectivity index (χ0v) is 15.0. The molecule has 0 saturated carbocycles. The van der Waals surface area contributed by atoms with Crippen LogP contribution < -0.4 is 16.0 Å². The Kier molecular flexibility index (Phi) is 6.01. The van der Waals surface area contributed by atoms with Crippen molar-refractivity contribution >= 4 is 11.8 Å². The van der Waals surface area contributed by atoms with E-state index >= 15 is 0 Å². The summed E-state index contributed by atoms with van der Waals surface area (Å²) in [5.74, 6) is -0.284. The number of benzene rings is 1. The van der Waals surface area contributed by atoms with Crippen molar-refractivity contribution in [2.45, 2.75) is 25.3 Å². The molecule has 2 aromatic rings. The standard InChI is InChI=1S/C19H25N5O2/c1-20-18(25)15-5-2-4-14(12-15)7-10-22-19(26)17-8-11-24(23-17)16-6-3-9-21-13-16/h2,4-5,8,11-12,16,21H,3,6-7,9-10,13H2,1H3,(H,20,25)(H,22,26). The van der Waals surface area contributed by atoms with Crippen LogP contribution in [-0.4, -0.2) is 48.3 Å². The maximum Gasteiger partial charge on any atom is 0.271 e. The Bertz CT molecular complexity index is 765. The van der Waals surface area contributed by atoms with Crippen LogP contribution in [0.1, 0.15) is 45.3 Å². The van der Waals surface area contributed by atoms with Gasteiger partial charge in [-0.2, -0.15) is 5.10 Å². The fraction of sp³-hybridized carbons (Fsp3) is 0.421. The summed E-state index contributed by atoms with van der Waals surface area (Å²) in [4.78, 5) is 24.0. The van der Waals surface area contributed by atoms with Gasteiger partial charge in [-0.05, 0) is 49.6 Å². The predicted octanol–water partition coefficient (Wildman–Crippen LogP) is 1.14. The molecule has 0 radical (unpaired) electrons. The van der Waals surface area contributed by atoms with Crippen LogP contribution in [0.3, 0.4) is 0 Å². The average Bonchev–Trinajstić information content (AvgIpc) is 3.18. The molecule has 3 N–H and O–H groups in total. The van der Waals surface area contributed by atoms with Crippen LogP contribution in [0.5, 0.6) is 0 Å². The Morgan fingerprint density at radius 2 is 2.19 bits per heavy atom. The number of hydrogen-bond donors (Lipinski definition) is 3. The number of carbonyl (C=O) groups is 2. The van der Waals surface area contributed by atoms with Gasteiger partial charge in [0.2, 0.25) is 0 Å². The minimum atomic E-state index is -0.171. The van der Waals surface area contributed by atoms with E-state index in [0.29, 0.717) is 30.3 Å². The Morgan fingerprint density at radius 1 is 1.31 bits per heavy atom. The molecule has 1 aromatic heterocycles. The molecule has 1 atom stereocenters. The summed E-state index contributed by atoms with van der Waals surface area (Å²) < 4.78 is 1.88. The largest absolute Gasteiger partial charge is 0.355 e. The molecule has 1 aliphatic rings. The highest BCUT2D eigenvalue weighted by Gasteiger charge is 2.17. The third-order valence-electron chi connectivity index (χ3n) is 4.60. The topological polar surface area (TPSA) is 88.0 Å². The predicted molar refractivity (Wildman–Crippen MR) is 99.2 cm³/mol. The lowest BCUT2D eigenvalue weighted by atomic mass is 10.1. The maximum absolute atomic E-state index is 12.3. The zero-order chi connectivity index (χ0) is 18.4. The highest BCUT2D eigenvalue weighted by atomic mass is 16.2. The molecule has 0 aliphatic carbocycles.